The Kier molecular flexibility index (Phi) is 4.93. The maximum Gasteiger partial charge on any atom is 0.217 e. The third-order valence-corrected chi connectivity index (χ3v) is 9.27. The molecule has 0 saturated heterocycles. The molecule has 3 nitrogen and oxygen atoms in total. The Morgan fingerprint density at radius 2 is 1.50 bits per heavy atom. The van der Waals surface area contributed by atoms with Crippen LogP contribution in [0.15, 0.2) is 18.5 Å². The Morgan fingerprint density at radius 3 is 1.88 bits per heavy atom. The van der Waals surface area contributed by atoms with Crippen LogP contribution in [0.4, 0.5) is 5.95 Å². The molecule has 1 aromatic heterocycles. The largest absolute Gasteiger partial charge is 0.368 e. The lowest BCUT2D eigenvalue weighted by Crippen LogP contribution is -2.53. The van der Waals surface area contributed by atoms with E-state index in [2.05, 4.69) is 42.2 Å². The van der Waals surface area contributed by atoms with Crippen molar-refractivity contribution in [3.8, 4) is 0 Å². The maximum absolute atomic E-state index is 4.41. The molecule has 0 atom stereocenters. The van der Waals surface area contributed by atoms with Crippen molar-refractivity contribution in [2.24, 2.45) is 0 Å². The summed E-state index contributed by atoms with van der Waals surface area (Å²) >= 11 is 0. The average molecular weight is 237 g/mol. The molecule has 0 aliphatic heterocycles. The van der Waals surface area contributed by atoms with Crippen molar-refractivity contribution in [1.29, 1.82) is 0 Å². The van der Waals surface area contributed by atoms with Crippen LogP contribution in [-0.2, 0) is 0 Å². The Bertz CT molecular complexity index is 290. The molecule has 0 fully saturated rings. The monoisotopic (exact) mass is 237 g/mol. The van der Waals surface area contributed by atoms with Gasteiger partial charge in [-0.05, 0) is 31.1 Å². The van der Waals surface area contributed by atoms with Gasteiger partial charge in [-0.2, -0.15) is 0 Å². The normalized spacial score (nSPS) is 11.5. The molecule has 1 rings (SSSR count). The summed E-state index contributed by atoms with van der Waals surface area (Å²) in [6, 6.07) is 5.69. The van der Waals surface area contributed by atoms with Gasteiger partial charge in [-0.3, -0.25) is 0 Å². The van der Waals surface area contributed by atoms with E-state index in [1.807, 2.05) is 18.5 Å². The van der Waals surface area contributed by atoms with Crippen molar-refractivity contribution < 1.29 is 0 Å². The number of aromatic nitrogens is 2. The summed E-state index contributed by atoms with van der Waals surface area (Å²) in [6.45, 7) is 10.2. The maximum atomic E-state index is 4.41. The average Bonchev–Trinajstić information content (AvgIpc) is 2.37. The SMILES string of the molecule is CCN(c1ncccn1)[Si](CC)(CC)CC. The van der Waals surface area contributed by atoms with E-state index in [0.29, 0.717) is 0 Å². The summed E-state index contributed by atoms with van der Waals surface area (Å²) < 4.78 is 2.48. The molecule has 1 heterocycles. The van der Waals surface area contributed by atoms with Gasteiger partial charge in [0.25, 0.3) is 0 Å². The van der Waals surface area contributed by atoms with E-state index < -0.39 is 8.24 Å². The van der Waals surface area contributed by atoms with Crippen LogP contribution in [0.2, 0.25) is 18.1 Å². The zero-order valence-corrected chi connectivity index (χ0v) is 11.9. The van der Waals surface area contributed by atoms with Crippen molar-refractivity contribution in [3.63, 3.8) is 0 Å². The van der Waals surface area contributed by atoms with E-state index in [9.17, 15) is 0 Å². The van der Waals surface area contributed by atoms with E-state index >= 15 is 0 Å². The predicted molar refractivity (Wildman–Crippen MR) is 72.2 cm³/mol. The second kappa shape index (κ2) is 5.99. The molecule has 16 heavy (non-hydrogen) atoms. The lowest BCUT2D eigenvalue weighted by molar-refractivity contribution is 0.929. The Labute approximate surface area is 100 Å². The van der Waals surface area contributed by atoms with Crippen LogP contribution in [0.5, 0.6) is 0 Å². The minimum atomic E-state index is -1.38. The minimum Gasteiger partial charge on any atom is -0.368 e. The molecular formula is C12H23N3Si. The van der Waals surface area contributed by atoms with Crippen molar-refractivity contribution in [1.82, 2.24) is 9.97 Å². The summed E-state index contributed by atoms with van der Waals surface area (Å²) in [5.41, 5.74) is 0. The smallest absolute Gasteiger partial charge is 0.217 e. The van der Waals surface area contributed by atoms with Crippen LogP contribution >= 0.6 is 0 Å². The van der Waals surface area contributed by atoms with E-state index in [4.69, 9.17) is 0 Å². The second-order valence-electron chi connectivity index (χ2n) is 4.08. The van der Waals surface area contributed by atoms with E-state index in [0.717, 1.165) is 12.5 Å². The predicted octanol–water partition coefficient (Wildman–Crippen LogP) is 3.31. The van der Waals surface area contributed by atoms with Gasteiger partial charge in [-0.1, -0.05) is 20.8 Å². The van der Waals surface area contributed by atoms with Gasteiger partial charge in [-0.15, -0.1) is 0 Å². The lowest BCUT2D eigenvalue weighted by Gasteiger charge is -2.40. The molecule has 0 saturated carbocycles. The summed E-state index contributed by atoms with van der Waals surface area (Å²) in [5, 5.41) is 0. The molecule has 1 aromatic rings. The molecule has 0 spiro atoms. The third-order valence-electron chi connectivity index (χ3n) is 3.66. The highest BCUT2D eigenvalue weighted by molar-refractivity contribution is 6.83. The zero-order valence-electron chi connectivity index (χ0n) is 10.9. The fraction of sp³-hybridized carbons (Fsp3) is 0.667. The molecule has 0 amide bonds. The first kappa shape index (κ1) is 13.2. The van der Waals surface area contributed by atoms with Gasteiger partial charge >= 0.3 is 0 Å². The van der Waals surface area contributed by atoms with Crippen LogP contribution in [0.25, 0.3) is 0 Å². The molecule has 0 aliphatic rings. The standard InChI is InChI=1S/C12H23N3Si/c1-5-15(12-13-10-9-11-14-12)16(6-2,7-3)8-4/h9-11H,5-8H2,1-4H3. The number of nitrogens with zero attached hydrogens (tertiary/aromatic N) is 3. The second-order valence-corrected chi connectivity index (χ2v) is 9.19. The highest BCUT2D eigenvalue weighted by Crippen LogP contribution is 2.27. The van der Waals surface area contributed by atoms with E-state index in [1.54, 1.807) is 0 Å². The molecule has 90 valence electrons. The molecule has 4 heteroatoms. The number of hydrogen-bond donors (Lipinski definition) is 0. The van der Waals surface area contributed by atoms with Crippen LogP contribution < -0.4 is 4.57 Å². The topological polar surface area (TPSA) is 29.0 Å². The summed E-state index contributed by atoms with van der Waals surface area (Å²) in [5.74, 6) is 0.919. The molecule has 0 unspecified atom stereocenters. The summed E-state index contributed by atoms with van der Waals surface area (Å²) in [7, 11) is -1.38. The number of rotatable bonds is 6. The van der Waals surface area contributed by atoms with Crippen molar-refractivity contribution in [3.05, 3.63) is 18.5 Å². The fourth-order valence-corrected chi connectivity index (χ4v) is 6.30. The first-order chi connectivity index (χ1) is 7.74. The van der Waals surface area contributed by atoms with Crippen molar-refractivity contribution >= 4 is 14.2 Å². The van der Waals surface area contributed by atoms with E-state index in [1.165, 1.54) is 18.1 Å². The van der Waals surface area contributed by atoms with Crippen LogP contribution in [0.3, 0.4) is 0 Å². The van der Waals surface area contributed by atoms with Crippen LogP contribution in [-0.4, -0.2) is 24.7 Å². The molecule has 0 N–H and O–H groups in total. The fourth-order valence-electron chi connectivity index (χ4n) is 2.44. The van der Waals surface area contributed by atoms with Gasteiger partial charge in [0.05, 0.1) is 0 Å². The van der Waals surface area contributed by atoms with E-state index in [-0.39, 0.29) is 0 Å². The van der Waals surface area contributed by atoms with Gasteiger partial charge in [0.2, 0.25) is 5.95 Å². The summed E-state index contributed by atoms with van der Waals surface area (Å²) in [6.07, 6.45) is 3.68. The number of anilines is 1. The zero-order chi connectivity index (χ0) is 12.0. The molecular weight excluding hydrogens is 214 g/mol. The quantitative estimate of drug-likeness (QED) is 0.711. The highest BCUT2D eigenvalue weighted by Gasteiger charge is 2.35. The van der Waals surface area contributed by atoms with Gasteiger partial charge < -0.3 is 4.57 Å². The van der Waals surface area contributed by atoms with Crippen molar-refractivity contribution in [2.45, 2.75) is 45.8 Å². The Morgan fingerprint density at radius 1 is 1.00 bits per heavy atom. The summed E-state index contributed by atoms with van der Waals surface area (Å²) in [4.78, 5) is 8.82. The minimum absolute atomic E-state index is 0.919. The van der Waals surface area contributed by atoms with Gasteiger partial charge in [0.1, 0.15) is 0 Å². The number of hydrogen-bond acceptors (Lipinski definition) is 3. The Balaban J connectivity index is 3.05. The lowest BCUT2D eigenvalue weighted by atomic mass is 10.6. The van der Waals surface area contributed by atoms with Crippen LogP contribution in [0.1, 0.15) is 27.7 Å². The third kappa shape index (κ3) is 2.43. The molecule has 0 aromatic carbocycles. The molecule has 0 radical (unpaired) electrons. The van der Waals surface area contributed by atoms with Crippen LogP contribution in [0, 0.1) is 0 Å². The van der Waals surface area contributed by atoms with Gasteiger partial charge in [0.15, 0.2) is 8.24 Å². The highest BCUT2D eigenvalue weighted by atomic mass is 28.3. The van der Waals surface area contributed by atoms with Gasteiger partial charge in [-0.25, -0.2) is 9.97 Å². The molecule has 0 bridgehead atoms. The first-order valence-electron chi connectivity index (χ1n) is 6.28. The van der Waals surface area contributed by atoms with Crippen molar-refractivity contribution in [2.75, 3.05) is 11.1 Å². The molecule has 0 aliphatic carbocycles. The van der Waals surface area contributed by atoms with Gasteiger partial charge in [0, 0.05) is 18.9 Å². The first-order valence-corrected chi connectivity index (χ1v) is 8.85. The Hall–Kier alpha value is -0.903.